The molecule has 0 bridgehead atoms. The predicted octanol–water partition coefficient (Wildman–Crippen LogP) is 7.02. The number of aromatic hydroxyl groups is 1. The molecule has 1 atom stereocenters. The third-order valence-electron chi connectivity index (χ3n) is 6.28. The van der Waals surface area contributed by atoms with Crippen LogP contribution < -0.4 is 0 Å². The Kier molecular flexibility index (Phi) is 5.83. The van der Waals surface area contributed by atoms with Crippen molar-refractivity contribution in [3.63, 3.8) is 0 Å². The van der Waals surface area contributed by atoms with Gasteiger partial charge in [0.15, 0.2) is 5.17 Å². The number of benzene rings is 4. The molecule has 0 radical (unpaired) electrons. The molecule has 2 heterocycles. The average Bonchev–Trinajstić information content (AvgIpc) is 3.49. The maximum atomic E-state index is 12.8. The maximum Gasteiger partial charge on any atom is 0.286 e. The molecule has 5 nitrogen and oxygen atoms in total. The number of phenols is 1. The van der Waals surface area contributed by atoms with Gasteiger partial charge in [-0.2, -0.15) is 10.1 Å². The van der Waals surface area contributed by atoms with Gasteiger partial charge in [-0.25, -0.2) is 5.01 Å². The Morgan fingerprint density at radius 1 is 0.944 bits per heavy atom. The number of fused-ring (bicyclic) bond motifs is 1. The lowest BCUT2D eigenvalue weighted by atomic mass is 9.97. The lowest BCUT2D eigenvalue weighted by Gasteiger charge is -2.22. The van der Waals surface area contributed by atoms with E-state index in [4.69, 9.17) is 16.7 Å². The van der Waals surface area contributed by atoms with E-state index in [9.17, 15) is 9.90 Å². The Balaban J connectivity index is 1.37. The third-order valence-corrected chi connectivity index (χ3v) is 7.50. The van der Waals surface area contributed by atoms with Gasteiger partial charge in [0.05, 0.1) is 16.7 Å². The van der Waals surface area contributed by atoms with Crippen LogP contribution in [0.1, 0.15) is 29.2 Å². The molecule has 36 heavy (non-hydrogen) atoms. The molecule has 176 valence electrons. The van der Waals surface area contributed by atoms with Gasteiger partial charge in [-0.3, -0.25) is 4.79 Å². The zero-order valence-electron chi connectivity index (χ0n) is 19.0. The zero-order chi connectivity index (χ0) is 24.6. The first-order valence-corrected chi connectivity index (χ1v) is 12.7. The van der Waals surface area contributed by atoms with Crippen LogP contribution in [0.15, 0.2) is 106 Å². The first-order valence-electron chi connectivity index (χ1n) is 11.5. The Morgan fingerprint density at radius 3 is 2.50 bits per heavy atom. The smallest absolute Gasteiger partial charge is 0.286 e. The zero-order valence-corrected chi connectivity index (χ0v) is 20.6. The van der Waals surface area contributed by atoms with Crippen LogP contribution >= 0.6 is 23.4 Å². The van der Waals surface area contributed by atoms with Crippen LogP contribution in [0.2, 0.25) is 5.02 Å². The fourth-order valence-electron chi connectivity index (χ4n) is 4.42. The minimum absolute atomic E-state index is 0.115. The summed E-state index contributed by atoms with van der Waals surface area (Å²) < 4.78 is 0. The van der Waals surface area contributed by atoms with Gasteiger partial charge in [0.1, 0.15) is 5.75 Å². The third kappa shape index (κ3) is 4.30. The second-order valence-electron chi connectivity index (χ2n) is 8.59. The molecule has 1 amide bonds. The topological polar surface area (TPSA) is 65.3 Å². The van der Waals surface area contributed by atoms with Crippen LogP contribution in [0.25, 0.3) is 16.8 Å². The van der Waals surface area contributed by atoms with E-state index in [2.05, 4.69) is 35.3 Å². The van der Waals surface area contributed by atoms with E-state index in [0.29, 0.717) is 27.1 Å². The number of hydrazone groups is 1. The van der Waals surface area contributed by atoms with E-state index in [1.807, 2.05) is 47.5 Å². The molecule has 0 aliphatic carbocycles. The standard InChI is InChI=1S/C29H20ClN3O2S/c30-23-13-11-19(12-14-23)25-17-24(21-10-9-18-5-1-2-6-20(18)15-21)32-33(25)29-31-28(35)27(36-29)16-22-7-3-4-8-26(22)34/h1-16,25,34H,17H2/b27-16-. The number of nitrogens with zero attached hydrogens (tertiary/aromatic N) is 3. The van der Waals surface area contributed by atoms with Gasteiger partial charge in [0.2, 0.25) is 0 Å². The van der Waals surface area contributed by atoms with Crippen molar-refractivity contribution in [2.24, 2.45) is 10.1 Å². The van der Waals surface area contributed by atoms with E-state index in [1.54, 1.807) is 24.3 Å². The second-order valence-corrected chi connectivity index (χ2v) is 10.0. The molecule has 0 saturated carbocycles. The highest BCUT2D eigenvalue weighted by Gasteiger charge is 2.36. The summed E-state index contributed by atoms with van der Waals surface area (Å²) in [7, 11) is 0. The minimum atomic E-state index is -0.345. The molecule has 2 aliphatic heterocycles. The maximum absolute atomic E-state index is 12.8. The fraction of sp³-hybridized carbons (Fsp3) is 0.0690. The Hall–Kier alpha value is -3.87. The molecule has 0 aromatic heterocycles. The summed E-state index contributed by atoms with van der Waals surface area (Å²) in [5, 5.41) is 20.4. The number of phenolic OH excluding ortho intramolecular Hbond substituents is 1. The Bertz CT molecular complexity index is 1590. The van der Waals surface area contributed by atoms with E-state index in [0.717, 1.165) is 22.2 Å². The number of rotatable bonds is 3. The van der Waals surface area contributed by atoms with Gasteiger partial charge in [-0.1, -0.05) is 78.3 Å². The lowest BCUT2D eigenvalue weighted by molar-refractivity contribution is -0.113. The quantitative estimate of drug-likeness (QED) is 0.301. The fourth-order valence-corrected chi connectivity index (χ4v) is 5.45. The highest BCUT2D eigenvalue weighted by atomic mass is 35.5. The SMILES string of the molecule is O=C1N=C(N2N=C(c3ccc4ccccc4c3)CC2c2ccc(Cl)cc2)S/C1=C\c1ccccc1O. The van der Waals surface area contributed by atoms with Crippen molar-refractivity contribution in [3.8, 4) is 5.75 Å². The van der Waals surface area contributed by atoms with Crippen LogP contribution in [0.3, 0.4) is 0 Å². The number of aliphatic imine (C=N–C) groups is 1. The van der Waals surface area contributed by atoms with Crippen molar-refractivity contribution in [1.29, 1.82) is 0 Å². The van der Waals surface area contributed by atoms with E-state index in [1.165, 1.54) is 17.1 Å². The summed E-state index contributed by atoms with van der Waals surface area (Å²) in [4.78, 5) is 17.6. The predicted molar refractivity (Wildman–Crippen MR) is 147 cm³/mol. The molecule has 2 aliphatic rings. The lowest BCUT2D eigenvalue weighted by Crippen LogP contribution is -2.23. The van der Waals surface area contributed by atoms with Crippen molar-refractivity contribution in [3.05, 3.63) is 118 Å². The van der Waals surface area contributed by atoms with Crippen LogP contribution in [-0.4, -0.2) is 26.9 Å². The molecule has 7 heteroatoms. The summed E-state index contributed by atoms with van der Waals surface area (Å²) >= 11 is 7.41. The van der Waals surface area contributed by atoms with Gasteiger partial charge in [0, 0.05) is 17.0 Å². The van der Waals surface area contributed by atoms with Crippen molar-refractivity contribution in [2.75, 3.05) is 0 Å². The number of hydrogen-bond donors (Lipinski definition) is 1. The van der Waals surface area contributed by atoms with Gasteiger partial charge in [-0.05, 0) is 64.0 Å². The second kappa shape index (κ2) is 9.30. The normalized spacial score (nSPS) is 18.7. The van der Waals surface area contributed by atoms with Gasteiger partial charge < -0.3 is 5.11 Å². The largest absolute Gasteiger partial charge is 0.507 e. The van der Waals surface area contributed by atoms with Gasteiger partial charge >= 0.3 is 0 Å². The highest BCUT2D eigenvalue weighted by molar-refractivity contribution is 8.18. The number of carbonyl (C=O) groups excluding carboxylic acids is 1. The molecule has 1 unspecified atom stereocenters. The summed E-state index contributed by atoms with van der Waals surface area (Å²) in [6.45, 7) is 0. The summed E-state index contributed by atoms with van der Waals surface area (Å²) in [6, 6.07) is 29.0. The molecule has 4 aromatic carbocycles. The van der Waals surface area contributed by atoms with Crippen molar-refractivity contribution in [2.45, 2.75) is 12.5 Å². The molecule has 4 aromatic rings. The summed E-state index contributed by atoms with van der Waals surface area (Å²) in [5.41, 5.74) is 3.57. The van der Waals surface area contributed by atoms with E-state index < -0.39 is 0 Å². The molecular weight excluding hydrogens is 490 g/mol. The van der Waals surface area contributed by atoms with Gasteiger partial charge in [0.25, 0.3) is 5.91 Å². The molecule has 6 rings (SSSR count). The number of amides is 1. The molecular formula is C29H20ClN3O2S. The summed E-state index contributed by atoms with van der Waals surface area (Å²) in [5.74, 6) is -0.230. The van der Waals surface area contributed by atoms with Crippen LogP contribution in [-0.2, 0) is 4.79 Å². The monoisotopic (exact) mass is 509 g/mol. The Morgan fingerprint density at radius 2 is 1.69 bits per heavy atom. The van der Waals surface area contributed by atoms with Crippen molar-refractivity contribution < 1.29 is 9.90 Å². The number of halogens is 1. The number of para-hydroxylation sites is 1. The number of thioether (sulfide) groups is 1. The van der Waals surface area contributed by atoms with Crippen LogP contribution in [0.5, 0.6) is 5.75 Å². The first-order chi connectivity index (χ1) is 17.5. The minimum Gasteiger partial charge on any atom is -0.507 e. The van der Waals surface area contributed by atoms with Crippen LogP contribution in [0, 0.1) is 0 Å². The molecule has 1 N–H and O–H groups in total. The number of amidine groups is 1. The average molecular weight is 510 g/mol. The Labute approximate surface area is 217 Å². The summed E-state index contributed by atoms with van der Waals surface area (Å²) in [6.07, 6.45) is 2.33. The van der Waals surface area contributed by atoms with Gasteiger partial charge in [-0.15, -0.1) is 0 Å². The highest BCUT2D eigenvalue weighted by Crippen LogP contribution is 2.40. The first kappa shape index (κ1) is 22.6. The van der Waals surface area contributed by atoms with Crippen molar-refractivity contribution in [1.82, 2.24) is 5.01 Å². The van der Waals surface area contributed by atoms with E-state index in [-0.39, 0.29) is 17.7 Å². The number of carbonyl (C=O) groups is 1. The van der Waals surface area contributed by atoms with Crippen molar-refractivity contribution >= 4 is 57.0 Å². The molecule has 0 fully saturated rings. The van der Waals surface area contributed by atoms with Crippen LogP contribution in [0.4, 0.5) is 0 Å². The molecule has 0 saturated heterocycles. The number of hydrogen-bond acceptors (Lipinski definition) is 5. The molecule has 0 spiro atoms. The van der Waals surface area contributed by atoms with E-state index >= 15 is 0 Å².